The molecule has 0 unspecified atom stereocenters. The summed E-state index contributed by atoms with van der Waals surface area (Å²) in [5.74, 6) is -0.460. The molecule has 0 atom stereocenters. The minimum absolute atomic E-state index is 0.0909. The fraction of sp³-hybridized carbons (Fsp3) is 0.273. The number of ketones is 1. The van der Waals surface area contributed by atoms with E-state index in [1.54, 1.807) is 0 Å². The summed E-state index contributed by atoms with van der Waals surface area (Å²) in [5.41, 5.74) is 0.371. The number of nitrogens with zero attached hydrogens (tertiary/aromatic N) is 2. The average Bonchev–Trinajstić information content (AvgIpc) is 2.26. The maximum atomic E-state index is 11.4. The minimum atomic E-state index is -0.642. The van der Waals surface area contributed by atoms with Gasteiger partial charge in [-0.2, -0.15) is 5.26 Å². The molecule has 0 bridgehead atoms. The van der Waals surface area contributed by atoms with Crippen molar-refractivity contribution in [1.82, 2.24) is 0 Å². The van der Waals surface area contributed by atoms with Crippen LogP contribution in [0.1, 0.15) is 35.3 Å². The van der Waals surface area contributed by atoms with Gasteiger partial charge in [-0.15, -0.1) is 0 Å². The number of hydrogen-bond donors (Lipinski definition) is 0. The predicted octanol–water partition coefficient (Wildman–Crippen LogP) is 2.23. The highest BCUT2D eigenvalue weighted by Crippen LogP contribution is 2.25. The van der Waals surface area contributed by atoms with Crippen molar-refractivity contribution in [3.05, 3.63) is 38.9 Å². The fourth-order valence-electron chi connectivity index (χ4n) is 1.57. The molecule has 0 saturated heterocycles. The van der Waals surface area contributed by atoms with Crippen LogP contribution >= 0.6 is 0 Å². The third-order valence-electron chi connectivity index (χ3n) is 2.31. The number of rotatable bonds is 3. The second kappa shape index (κ2) is 4.53. The Bertz CT molecular complexity index is 501. The SMILES string of the molecule is CCc1ccc([N+](=O)[O-])c(C(C)=O)c1C#N. The lowest BCUT2D eigenvalue weighted by molar-refractivity contribution is -0.385. The Kier molecular flexibility index (Phi) is 3.36. The first kappa shape index (κ1) is 11.9. The van der Waals surface area contributed by atoms with Crippen molar-refractivity contribution in [1.29, 1.82) is 5.26 Å². The molecule has 1 rings (SSSR count). The summed E-state index contributed by atoms with van der Waals surface area (Å²) in [5, 5.41) is 19.7. The van der Waals surface area contributed by atoms with Crippen molar-refractivity contribution in [2.24, 2.45) is 0 Å². The van der Waals surface area contributed by atoms with Gasteiger partial charge in [0.1, 0.15) is 11.6 Å². The highest BCUT2D eigenvalue weighted by atomic mass is 16.6. The second-order valence-electron chi connectivity index (χ2n) is 3.27. The van der Waals surface area contributed by atoms with E-state index in [0.717, 1.165) is 0 Å². The van der Waals surface area contributed by atoms with Crippen LogP contribution < -0.4 is 0 Å². The first-order chi connectivity index (χ1) is 7.52. The van der Waals surface area contributed by atoms with Gasteiger partial charge < -0.3 is 0 Å². The van der Waals surface area contributed by atoms with E-state index in [2.05, 4.69) is 0 Å². The number of nitro benzene ring substituents is 1. The Morgan fingerprint density at radius 2 is 2.19 bits per heavy atom. The number of nitriles is 1. The number of carbonyl (C=O) groups excluding carboxylic acids is 1. The topological polar surface area (TPSA) is 84.0 Å². The second-order valence-corrected chi connectivity index (χ2v) is 3.27. The summed E-state index contributed by atoms with van der Waals surface area (Å²) in [6.07, 6.45) is 0.557. The Labute approximate surface area is 92.5 Å². The Balaban J connectivity index is 3.65. The van der Waals surface area contributed by atoms with Crippen molar-refractivity contribution in [2.75, 3.05) is 0 Å². The summed E-state index contributed by atoms with van der Waals surface area (Å²) < 4.78 is 0. The van der Waals surface area contributed by atoms with Crippen LogP contribution in [0, 0.1) is 21.4 Å². The third-order valence-corrected chi connectivity index (χ3v) is 2.31. The Morgan fingerprint density at radius 1 is 1.56 bits per heavy atom. The zero-order chi connectivity index (χ0) is 12.3. The van der Waals surface area contributed by atoms with E-state index in [9.17, 15) is 14.9 Å². The Morgan fingerprint density at radius 3 is 2.56 bits per heavy atom. The van der Waals surface area contributed by atoms with Crippen LogP contribution in [0.3, 0.4) is 0 Å². The molecule has 0 heterocycles. The van der Waals surface area contributed by atoms with Crippen LogP contribution in [0.15, 0.2) is 12.1 Å². The van der Waals surface area contributed by atoms with E-state index >= 15 is 0 Å². The summed E-state index contributed by atoms with van der Waals surface area (Å²) in [7, 11) is 0. The van der Waals surface area contributed by atoms with E-state index in [1.165, 1.54) is 19.1 Å². The van der Waals surface area contributed by atoms with Gasteiger partial charge in [-0.25, -0.2) is 0 Å². The molecule has 5 nitrogen and oxygen atoms in total. The lowest BCUT2D eigenvalue weighted by Gasteiger charge is -2.05. The lowest BCUT2D eigenvalue weighted by Crippen LogP contribution is -2.05. The van der Waals surface area contributed by atoms with E-state index < -0.39 is 10.7 Å². The summed E-state index contributed by atoms with van der Waals surface area (Å²) in [6, 6.07) is 4.66. The molecule has 0 radical (unpaired) electrons. The highest BCUT2D eigenvalue weighted by Gasteiger charge is 2.23. The molecule has 0 aliphatic rings. The summed E-state index contributed by atoms with van der Waals surface area (Å²) in [4.78, 5) is 21.5. The number of nitro groups is 1. The molecule has 0 N–H and O–H groups in total. The van der Waals surface area contributed by atoms with Gasteiger partial charge in [0.05, 0.1) is 10.5 Å². The van der Waals surface area contributed by atoms with Crippen molar-refractivity contribution in [2.45, 2.75) is 20.3 Å². The van der Waals surface area contributed by atoms with Gasteiger partial charge in [0.2, 0.25) is 0 Å². The number of hydrogen-bond acceptors (Lipinski definition) is 4. The van der Waals surface area contributed by atoms with Crippen LogP contribution in [0.2, 0.25) is 0 Å². The molecule has 82 valence electrons. The summed E-state index contributed by atoms with van der Waals surface area (Å²) in [6.45, 7) is 3.05. The summed E-state index contributed by atoms with van der Waals surface area (Å²) >= 11 is 0. The standard InChI is InChI=1S/C11H10N2O3/c1-3-8-4-5-10(13(15)16)11(7(2)14)9(8)6-12/h4-5H,3H2,1-2H3. The van der Waals surface area contributed by atoms with Gasteiger partial charge >= 0.3 is 0 Å². The molecule has 0 spiro atoms. The molecule has 0 aromatic heterocycles. The predicted molar refractivity (Wildman–Crippen MR) is 57.2 cm³/mol. The van der Waals surface area contributed by atoms with E-state index in [-0.39, 0.29) is 16.8 Å². The molecular weight excluding hydrogens is 208 g/mol. The molecular formula is C11H10N2O3. The molecule has 0 aliphatic carbocycles. The van der Waals surface area contributed by atoms with Gasteiger partial charge in [-0.1, -0.05) is 13.0 Å². The van der Waals surface area contributed by atoms with Crippen molar-refractivity contribution in [3.63, 3.8) is 0 Å². The van der Waals surface area contributed by atoms with Gasteiger partial charge in [-0.05, 0) is 18.9 Å². The smallest absolute Gasteiger partial charge is 0.281 e. The van der Waals surface area contributed by atoms with E-state index in [4.69, 9.17) is 5.26 Å². The van der Waals surface area contributed by atoms with Gasteiger partial charge in [-0.3, -0.25) is 14.9 Å². The minimum Gasteiger partial charge on any atom is -0.294 e. The van der Waals surface area contributed by atoms with Crippen LogP contribution in [-0.2, 0) is 6.42 Å². The number of carbonyl (C=O) groups is 1. The van der Waals surface area contributed by atoms with Crippen LogP contribution in [0.5, 0.6) is 0 Å². The van der Waals surface area contributed by atoms with Crippen LogP contribution in [0.4, 0.5) is 5.69 Å². The highest BCUT2D eigenvalue weighted by molar-refractivity contribution is 6.00. The normalized spacial score (nSPS) is 9.56. The average molecular weight is 218 g/mol. The molecule has 0 saturated carbocycles. The quantitative estimate of drug-likeness (QED) is 0.442. The largest absolute Gasteiger partial charge is 0.294 e. The first-order valence-corrected chi connectivity index (χ1v) is 4.74. The molecule has 5 heteroatoms. The molecule has 1 aromatic carbocycles. The maximum absolute atomic E-state index is 11.4. The lowest BCUT2D eigenvalue weighted by atomic mass is 9.96. The zero-order valence-corrected chi connectivity index (χ0v) is 8.98. The molecule has 0 aliphatic heterocycles. The monoisotopic (exact) mass is 218 g/mol. The molecule has 0 fully saturated rings. The van der Waals surface area contributed by atoms with Crippen LogP contribution in [-0.4, -0.2) is 10.7 Å². The fourth-order valence-corrected chi connectivity index (χ4v) is 1.57. The van der Waals surface area contributed by atoms with E-state index in [0.29, 0.717) is 12.0 Å². The molecule has 1 aromatic rings. The molecule has 0 amide bonds. The van der Waals surface area contributed by atoms with E-state index in [1.807, 2.05) is 13.0 Å². The van der Waals surface area contributed by atoms with Gasteiger partial charge in [0, 0.05) is 6.07 Å². The molecule has 16 heavy (non-hydrogen) atoms. The van der Waals surface area contributed by atoms with Crippen molar-refractivity contribution < 1.29 is 9.72 Å². The Hall–Kier alpha value is -2.22. The van der Waals surface area contributed by atoms with Crippen LogP contribution in [0.25, 0.3) is 0 Å². The number of aryl methyl sites for hydroxylation is 1. The maximum Gasteiger partial charge on any atom is 0.281 e. The first-order valence-electron chi connectivity index (χ1n) is 4.74. The van der Waals surface area contributed by atoms with Crippen molar-refractivity contribution in [3.8, 4) is 6.07 Å². The zero-order valence-electron chi connectivity index (χ0n) is 8.98. The number of benzene rings is 1. The van der Waals surface area contributed by atoms with Gasteiger partial charge in [0.25, 0.3) is 5.69 Å². The third kappa shape index (κ3) is 1.91. The van der Waals surface area contributed by atoms with Crippen molar-refractivity contribution >= 4 is 11.5 Å². The number of Topliss-reactive ketones (excluding diaryl/α,β-unsaturated/α-hetero) is 1. The van der Waals surface area contributed by atoms with Gasteiger partial charge in [0.15, 0.2) is 5.78 Å².